The lowest BCUT2D eigenvalue weighted by atomic mass is 9.98. The van der Waals surface area contributed by atoms with Crippen LogP contribution in [0.15, 0.2) is 17.5 Å². The Labute approximate surface area is 87.0 Å². The lowest BCUT2D eigenvalue weighted by Gasteiger charge is -2.40. The van der Waals surface area contributed by atoms with Gasteiger partial charge in [-0.3, -0.25) is 9.69 Å². The van der Waals surface area contributed by atoms with Crippen LogP contribution in [-0.4, -0.2) is 29.1 Å². The van der Waals surface area contributed by atoms with Crippen molar-refractivity contribution >= 4 is 17.3 Å². The van der Waals surface area contributed by atoms with Crippen LogP contribution in [0.25, 0.3) is 0 Å². The van der Waals surface area contributed by atoms with Gasteiger partial charge >= 0.3 is 5.97 Å². The van der Waals surface area contributed by atoms with E-state index < -0.39 is 5.97 Å². The first-order valence-electron chi connectivity index (χ1n) is 4.68. The molecule has 2 rings (SSSR count). The third-order valence-electron chi connectivity index (χ3n) is 2.76. The molecule has 1 atom stereocenters. The van der Waals surface area contributed by atoms with Crippen molar-refractivity contribution in [1.29, 1.82) is 0 Å². The molecule has 1 aromatic heterocycles. The van der Waals surface area contributed by atoms with Crippen LogP contribution in [0, 0.1) is 5.92 Å². The van der Waals surface area contributed by atoms with Crippen molar-refractivity contribution in [3.63, 3.8) is 0 Å². The fourth-order valence-electron chi connectivity index (χ4n) is 1.69. The highest BCUT2D eigenvalue weighted by Gasteiger charge is 2.35. The minimum Gasteiger partial charge on any atom is -0.481 e. The van der Waals surface area contributed by atoms with Gasteiger partial charge in [-0.1, -0.05) is 6.07 Å². The summed E-state index contributed by atoms with van der Waals surface area (Å²) in [4.78, 5) is 14.1. The highest BCUT2D eigenvalue weighted by molar-refractivity contribution is 7.10. The van der Waals surface area contributed by atoms with Crippen LogP contribution in [0.1, 0.15) is 17.8 Å². The fourth-order valence-corrected chi connectivity index (χ4v) is 2.51. The quantitative estimate of drug-likeness (QED) is 0.829. The van der Waals surface area contributed by atoms with E-state index in [1.54, 1.807) is 11.3 Å². The van der Waals surface area contributed by atoms with E-state index in [0.29, 0.717) is 19.1 Å². The Balaban J connectivity index is 1.91. The number of rotatable bonds is 3. The third-order valence-corrected chi connectivity index (χ3v) is 3.80. The summed E-state index contributed by atoms with van der Waals surface area (Å²) in [6, 6.07) is 4.50. The van der Waals surface area contributed by atoms with Gasteiger partial charge in [-0.05, 0) is 18.4 Å². The lowest BCUT2D eigenvalue weighted by molar-refractivity contribution is -0.148. The summed E-state index contributed by atoms with van der Waals surface area (Å²) in [5.41, 5.74) is 0. The molecule has 4 heteroatoms. The van der Waals surface area contributed by atoms with Crippen LogP contribution in [0.5, 0.6) is 0 Å². The normalized spacial score (nSPS) is 20.4. The largest absolute Gasteiger partial charge is 0.481 e. The Morgan fingerprint density at radius 1 is 1.71 bits per heavy atom. The zero-order valence-electron chi connectivity index (χ0n) is 8.01. The summed E-state index contributed by atoms with van der Waals surface area (Å²) in [6.07, 6.45) is 0. The standard InChI is InChI=1S/C10H13NO2S/c1-7(9-3-2-4-14-9)11-5-8(6-11)10(12)13/h2-4,7-8H,5-6H2,1H3,(H,12,13)/t7-/m0/s1. The number of likely N-dealkylation sites (tertiary alicyclic amines) is 1. The van der Waals surface area contributed by atoms with E-state index in [4.69, 9.17) is 5.11 Å². The minimum absolute atomic E-state index is 0.155. The van der Waals surface area contributed by atoms with Crippen molar-refractivity contribution in [1.82, 2.24) is 4.90 Å². The average Bonchev–Trinajstić information content (AvgIpc) is 2.51. The molecule has 0 unspecified atom stereocenters. The maximum absolute atomic E-state index is 10.6. The van der Waals surface area contributed by atoms with Crippen LogP contribution in [0.3, 0.4) is 0 Å². The number of aliphatic carboxylic acids is 1. The molecule has 0 saturated carbocycles. The Hall–Kier alpha value is -0.870. The van der Waals surface area contributed by atoms with E-state index in [1.165, 1.54) is 4.88 Å². The second-order valence-electron chi connectivity index (χ2n) is 3.68. The second-order valence-corrected chi connectivity index (χ2v) is 4.66. The number of nitrogens with zero attached hydrogens (tertiary/aromatic N) is 1. The van der Waals surface area contributed by atoms with Crippen molar-refractivity contribution in [3.05, 3.63) is 22.4 Å². The fraction of sp³-hybridized carbons (Fsp3) is 0.500. The van der Waals surface area contributed by atoms with E-state index in [0.717, 1.165) is 0 Å². The molecule has 0 aliphatic carbocycles. The summed E-state index contributed by atoms with van der Waals surface area (Å²) in [7, 11) is 0. The van der Waals surface area contributed by atoms with Gasteiger partial charge in [0.1, 0.15) is 0 Å². The number of carbonyl (C=O) groups is 1. The van der Waals surface area contributed by atoms with Gasteiger partial charge in [0, 0.05) is 24.0 Å². The number of hydrogen-bond acceptors (Lipinski definition) is 3. The van der Waals surface area contributed by atoms with Gasteiger partial charge in [-0.25, -0.2) is 0 Å². The van der Waals surface area contributed by atoms with Crippen molar-refractivity contribution < 1.29 is 9.90 Å². The molecule has 1 aliphatic heterocycles. The van der Waals surface area contributed by atoms with Crippen molar-refractivity contribution in [2.75, 3.05) is 13.1 Å². The smallest absolute Gasteiger partial charge is 0.309 e. The predicted octanol–water partition coefficient (Wildman–Crippen LogP) is 1.83. The molecule has 2 heterocycles. The Morgan fingerprint density at radius 2 is 2.43 bits per heavy atom. The molecule has 0 spiro atoms. The predicted molar refractivity (Wildman–Crippen MR) is 55.4 cm³/mol. The molecular formula is C10H13NO2S. The van der Waals surface area contributed by atoms with Gasteiger partial charge < -0.3 is 5.11 Å². The first-order valence-corrected chi connectivity index (χ1v) is 5.56. The van der Waals surface area contributed by atoms with Crippen molar-refractivity contribution in [2.45, 2.75) is 13.0 Å². The third kappa shape index (κ3) is 1.67. The van der Waals surface area contributed by atoms with Crippen molar-refractivity contribution in [3.8, 4) is 0 Å². The highest BCUT2D eigenvalue weighted by atomic mass is 32.1. The molecule has 76 valence electrons. The number of hydrogen-bond donors (Lipinski definition) is 1. The molecule has 0 radical (unpaired) electrons. The van der Waals surface area contributed by atoms with E-state index in [9.17, 15) is 4.79 Å². The minimum atomic E-state index is -0.667. The molecule has 1 saturated heterocycles. The number of carboxylic acid groups (broad SMARTS) is 1. The molecule has 0 aromatic carbocycles. The first kappa shape index (κ1) is 9.68. The van der Waals surface area contributed by atoms with Gasteiger partial charge in [0.05, 0.1) is 5.92 Å². The Morgan fingerprint density at radius 3 is 2.93 bits per heavy atom. The van der Waals surface area contributed by atoms with Gasteiger partial charge in [-0.15, -0.1) is 11.3 Å². The molecule has 1 aromatic rings. The van der Waals surface area contributed by atoms with E-state index >= 15 is 0 Å². The zero-order valence-corrected chi connectivity index (χ0v) is 8.83. The topological polar surface area (TPSA) is 40.5 Å². The summed E-state index contributed by atoms with van der Waals surface area (Å²) in [5.74, 6) is -0.822. The first-order chi connectivity index (χ1) is 6.68. The molecule has 1 aliphatic rings. The molecule has 1 N–H and O–H groups in total. The van der Waals surface area contributed by atoms with Crippen LogP contribution >= 0.6 is 11.3 Å². The Bertz CT molecular complexity index is 317. The molecular weight excluding hydrogens is 198 g/mol. The second kappa shape index (κ2) is 3.71. The maximum atomic E-state index is 10.6. The zero-order chi connectivity index (χ0) is 10.1. The summed E-state index contributed by atoms with van der Waals surface area (Å²) < 4.78 is 0. The molecule has 0 bridgehead atoms. The molecule has 14 heavy (non-hydrogen) atoms. The molecule has 0 amide bonds. The average molecular weight is 211 g/mol. The lowest BCUT2D eigenvalue weighted by Crippen LogP contribution is -2.50. The van der Waals surface area contributed by atoms with Gasteiger partial charge in [0.15, 0.2) is 0 Å². The number of thiophene rings is 1. The van der Waals surface area contributed by atoms with Crippen LogP contribution < -0.4 is 0 Å². The van der Waals surface area contributed by atoms with E-state index in [1.807, 2.05) is 6.07 Å². The highest BCUT2D eigenvalue weighted by Crippen LogP contribution is 2.30. The molecule has 1 fully saturated rings. The Kier molecular flexibility index (Phi) is 2.56. The summed E-state index contributed by atoms with van der Waals surface area (Å²) in [6.45, 7) is 3.51. The van der Waals surface area contributed by atoms with Crippen LogP contribution in [0.2, 0.25) is 0 Å². The SMILES string of the molecule is C[C@@H](c1cccs1)N1CC(C(=O)O)C1. The monoisotopic (exact) mass is 211 g/mol. The van der Waals surface area contributed by atoms with E-state index in [-0.39, 0.29) is 5.92 Å². The maximum Gasteiger partial charge on any atom is 0.309 e. The van der Waals surface area contributed by atoms with Gasteiger partial charge in [-0.2, -0.15) is 0 Å². The van der Waals surface area contributed by atoms with E-state index in [2.05, 4.69) is 23.3 Å². The van der Waals surface area contributed by atoms with Crippen LogP contribution in [0.4, 0.5) is 0 Å². The summed E-state index contributed by atoms with van der Waals surface area (Å²) >= 11 is 1.73. The summed E-state index contributed by atoms with van der Waals surface area (Å²) in [5, 5.41) is 10.8. The number of carboxylic acids is 1. The molecule has 3 nitrogen and oxygen atoms in total. The van der Waals surface area contributed by atoms with Gasteiger partial charge in [0.2, 0.25) is 0 Å². The van der Waals surface area contributed by atoms with Crippen LogP contribution in [-0.2, 0) is 4.79 Å². The van der Waals surface area contributed by atoms with Crippen molar-refractivity contribution in [2.24, 2.45) is 5.92 Å². The van der Waals surface area contributed by atoms with Gasteiger partial charge in [0.25, 0.3) is 0 Å².